The molecule has 5 rings (SSSR count). The van der Waals surface area contributed by atoms with Crippen LogP contribution >= 0.6 is 12.2 Å². The van der Waals surface area contributed by atoms with Gasteiger partial charge >= 0.3 is 0 Å². The summed E-state index contributed by atoms with van der Waals surface area (Å²) in [6.07, 6.45) is 3.92. The molecule has 1 aliphatic rings. The van der Waals surface area contributed by atoms with Crippen molar-refractivity contribution in [2.75, 3.05) is 10.2 Å². The molecular formula is C31H33N5OS. The molecular weight excluding hydrogens is 490 g/mol. The Balaban J connectivity index is 1.61. The van der Waals surface area contributed by atoms with Crippen molar-refractivity contribution in [1.82, 2.24) is 14.9 Å². The van der Waals surface area contributed by atoms with E-state index in [1.807, 2.05) is 57.3 Å². The standard InChI is InChI=1S/C31H33N5OS/c1-19(2)30(37)33-25-14-13-24(18-22(25)5)36-29(28(34-31(36)38)26-9-6-7-15-32-26)27-10-8-16-35(27)23-12-11-20(3)21(4)17-23/h6-19,28-29H,1-5H3,(H,33,37)(H,34,38)/t28-,29-/m0/s1. The maximum absolute atomic E-state index is 12.3. The molecule has 3 heterocycles. The molecule has 0 saturated carbocycles. The number of carbonyl (C=O) groups is 1. The summed E-state index contributed by atoms with van der Waals surface area (Å²) in [5.74, 6) is -0.0929. The number of benzene rings is 2. The summed E-state index contributed by atoms with van der Waals surface area (Å²) < 4.78 is 2.24. The van der Waals surface area contributed by atoms with Crippen molar-refractivity contribution < 1.29 is 4.79 Å². The summed E-state index contributed by atoms with van der Waals surface area (Å²) >= 11 is 5.94. The van der Waals surface area contributed by atoms with Crippen LogP contribution in [0.25, 0.3) is 5.69 Å². The van der Waals surface area contributed by atoms with Crippen molar-refractivity contribution in [2.24, 2.45) is 5.92 Å². The van der Waals surface area contributed by atoms with Gasteiger partial charge in [0.15, 0.2) is 5.11 Å². The third-order valence-electron chi connectivity index (χ3n) is 7.22. The van der Waals surface area contributed by atoms with Gasteiger partial charge in [-0.3, -0.25) is 9.78 Å². The van der Waals surface area contributed by atoms with Gasteiger partial charge in [0.25, 0.3) is 0 Å². The van der Waals surface area contributed by atoms with E-state index in [4.69, 9.17) is 12.2 Å². The quantitative estimate of drug-likeness (QED) is 0.280. The second-order valence-electron chi connectivity index (χ2n) is 10.2. The number of hydrogen-bond donors (Lipinski definition) is 2. The average Bonchev–Trinajstić information content (AvgIpc) is 3.51. The van der Waals surface area contributed by atoms with Gasteiger partial charge in [-0.2, -0.15) is 0 Å². The van der Waals surface area contributed by atoms with Crippen LogP contribution < -0.4 is 15.5 Å². The van der Waals surface area contributed by atoms with Crippen LogP contribution in [0.1, 0.15) is 54.0 Å². The highest BCUT2D eigenvalue weighted by atomic mass is 32.1. The fourth-order valence-electron chi connectivity index (χ4n) is 4.89. The first kappa shape index (κ1) is 25.7. The third kappa shape index (κ3) is 4.82. The Bertz CT molecular complexity index is 1490. The van der Waals surface area contributed by atoms with Crippen LogP contribution in [0.3, 0.4) is 0 Å². The highest BCUT2D eigenvalue weighted by Gasteiger charge is 2.42. The monoisotopic (exact) mass is 523 g/mol. The number of carbonyl (C=O) groups excluding carboxylic acids is 1. The van der Waals surface area contributed by atoms with Crippen molar-refractivity contribution in [3.8, 4) is 5.69 Å². The molecule has 1 amide bonds. The van der Waals surface area contributed by atoms with Crippen molar-refractivity contribution in [3.63, 3.8) is 0 Å². The van der Waals surface area contributed by atoms with Crippen LogP contribution in [0.4, 0.5) is 11.4 Å². The van der Waals surface area contributed by atoms with Crippen LogP contribution in [0.15, 0.2) is 79.1 Å². The summed E-state index contributed by atoms with van der Waals surface area (Å²) in [5.41, 5.74) is 8.38. The van der Waals surface area contributed by atoms with Gasteiger partial charge in [-0.1, -0.05) is 26.0 Å². The maximum Gasteiger partial charge on any atom is 0.226 e. The Kier molecular flexibility index (Phi) is 7.04. The second-order valence-corrected chi connectivity index (χ2v) is 10.6. The normalized spacial score (nSPS) is 17.1. The molecule has 2 atom stereocenters. The van der Waals surface area contributed by atoms with Gasteiger partial charge in [-0.25, -0.2) is 0 Å². The maximum atomic E-state index is 12.3. The molecule has 0 aliphatic carbocycles. The summed E-state index contributed by atoms with van der Waals surface area (Å²) in [6.45, 7) is 10.1. The van der Waals surface area contributed by atoms with Gasteiger partial charge < -0.3 is 20.1 Å². The van der Waals surface area contributed by atoms with E-state index in [0.29, 0.717) is 5.11 Å². The van der Waals surface area contributed by atoms with Crippen molar-refractivity contribution in [3.05, 3.63) is 107 Å². The van der Waals surface area contributed by atoms with Gasteiger partial charge in [0.2, 0.25) is 5.91 Å². The molecule has 0 unspecified atom stereocenters. The highest BCUT2D eigenvalue weighted by molar-refractivity contribution is 7.80. The molecule has 2 aromatic carbocycles. The number of anilines is 2. The predicted molar refractivity (Wildman–Crippen MR) is 158 cm³/mol. The molecule has 4 aromatic rings. The number of pyridine rings is 1. The zero-order valence-electron chi connectivity index (χ0n) is 22.4. The van der Waals surface area contributed by atoms with Crippen LogP contribution in [0.2, 0.25) is 0 Å². The minimum atomic E-state index is -0.149. The van der Waals surface area contributed by atoms with E-state index in [-0.39, 0.29) is 23.9 Å². The molecule has 7 heteroatoms. The SMILES string of the molecule is Cc1ccc(-n2cccc2[C@H]2[C@H](c3ccccn3)NC(=S)N2c2ccc(NC(=O)C(C)C)c(C)c2)cc1C. The zero-order valence-corrected chi connectivity index (χ0v) is 23.2. The first-order chi connectivity index (χ1) is 18.2. The Morgan fingerprint density at radius 1 is 0.947 bits per heavy atom. The molecule has 6 nitrogen and oxygen atoms in total. The highest BCUT2D eigenvalue weighted by Crippen LogP contribution is 2.43. The molecule has 38 heavy (non-hydrogen) atoms. The molecule has 194 valence electrons. The van der Waals surface area contributed by atoms with E-state index in [1.165, 1.54) is 11.1 Å². The van der Waals surface area contributed by atoms with E-state index in [9.17, 15) is 4.79 Å². The third-order valence-corrected chi connectivity index (χ3v) is 7.54. The van der Waals surface area contributed by atoms with E-state index in [1.54, 1.807) is 0 Å². The summed E-state index contributed by atoms with van der Waals surface area (Å²) in [4.78, 5) is 19.2. The van der Waals surface area contributed by atoms with Gasteiger partial charge in [0, 0.05) is 41.1 Å². The van der Waals surface area contributed by atoms with Gasteiger partial charge in [0.1, 0.15) is 6.04 Å². The first-order valence-electron chi connectivity index (χ1n) is 12.9. The molecule has 1 aliphatic heterocycles. The molecule has 1 saturated heterocycles. The summed E-state index contributed by atoms with van der Waals surface area (Å²) in [6, 6.07) is 22.5. The van der Waals surface area contributed by atoms with E-state index >= 15 is 0 Å². The van der Waals surface area contributed by atoms with E-state index in [0.717, 1.165) is 34.0 Å². The molecule has 2 aromatic heterocycles. The number of aromatic nitrogens is 2. The van der Waals surface area contributed by atoms with Crippen molar-refractivity contribution >= 4 is 34.6 Å². The fourth-order valence-corrected chi connectivity index (χ4v) is 5.24. The number of nitrogens with zero attached hydrogens (tertiary/aromatic N) is 3. The fraction of sp³-hybridized carbons (Fsp3) is 0.258. The molecule has 2 N–H and O–H groups in total. The van der Waals surface area contributed by atoms with Crippen molar-refractivity contribution in [1.29, 1.82) is 0 Å². The van der Waals surface area contributed by atoms with Crippen LogP contribution in [-0.4, -0.2) is 20.6 Å². The molecule has 0 bridgehead atoms. The summed E-state index contributed by atoms with van der Waals surface area (Å²) in [7, 11) is 0. The lowest BCUT2D eigenvalue weighted by Crippen LogP contribution is -2.30. The summed E-state index contributed by atoms with van der Waals surface area (Å²) in [5, 5.41) is 7.22. The Hall–Kier alpha value is -3.97. The minimum absolute atomic E-state index is 0.00137. The average molecular weight is 524 g/mol. The number of aryl methyl sites for hydroxylation is 3. The zero-order chi connectivity index (χ0) is 27.0. The number of hydrogen-bond acceptors (Lipinski definition) is 3. The lowest BCUT2D eigenvalue weighted by molar-refractivity contribution is -0.118. The van der Waals surface area contributed by atoms with Gasteiger partial charge in [0.05, 0.1) is 11.7 Å². The largest absolute Gasteiger partial charge is 0.351 e. The minimum Gasteiger partial charge on any atom is -0.351 e. The van der Waals surface area contributed by atoms with Gasteiger partial charge in [-0.15, -0.1) is 0 Å². The van der Waals surface area contributed by atoms with Crippen LogP contribution in [0.5, 0.6) is 0 Å². The first-order valence-corrected chi connectivity index (χ1v) is 13.3. The lowest BCUT2D eigenvalue weighted by atomic mass is 10.00. The van der Waals surface area contributed by atoms with Gasteiger partial charge in [-0.05, 0) is 104 Å². The van der Waals surface area contributed by atoms with Crippen molar-refractivity contribution in [2.45, 2.75) is 46.7 Å². The topological polar surface area (TPSA) is 62.2 Å². The Morgan fingerprint density at radius 2 is 1.71 bits per heavy atom. The van der Waals surface area contributed by atoms with Crippen LogP contribution in [0, 0.1) is 26.7 Å². The Morgan fingerprint density at radius 3 is 2.39 bits per heavy atom. The number of amides is 1. The number of thiocarbonyl (C=S) groups is 1. The predicted octanol–water partition coefficient (Wildman–Crippen LogP) is 6.57. The lowest BCUT2D eigenvalue weighted by Gasteiger charge is -2.29. The molecule has 0 radical (unpaired) electrons. The number of nitrogens with one attached hydrogen (secondary N) is 2. The molecule has 1 fully saturated rings. The molecule has 0 spiro atoms. The Labute approximate surface area is 229 Å². The second kappa shape index (κ2) is 10.4. The van der Waals surface area contributed by atoms with E-state index in [2.05, 4.69) is 81.5 Å². The number of rotatable bonds is 6. The van der Waals surface area contributed by atoms with E-state index < -0.39 is 0 Å². The van der Waals surface area contributed by atoms with Crippen LogP contribution in [-0.2, 0) is 4.79 Å². The smallest absolute Gasteiger partial charge is 0.226 e.